The number of rotatable bonds is 5. The highest BCUT2D eigenvalue weighted by molar-refractivity contribution is 14.0. The molecule has 118 valence electrons. The molecule has 0 radical (unpaired) electrons. The zero-order valence-corrected chi connectivity index (χ0v) is 15.0. The van der Waals surface area contributed by atoms with Crippen molar-refractivity contribution >= 4 is 35.8 Å². The van der Waals surface area contributed by atoms with Gasteiger partial charge < -0.3 is 20.3 Å². The first kappa shape index (κ1) is 19.4. The number of aliphatic imine (C=N–C) groups is 1. The molecule has 0 aliphatic carbocycles. The number of guanidine groups is 1. The summed E-state index contributed by atoms with van der Waals surface area (Å²) in [4.78, 5) is 18.0. The van der Waals surface area contributed by atoms with E-state index in [0.29, 0.717) is 19.1 Å². The summed E-state index contributed by atoms with van der Waals surface area (Å²) in [6, 6.07) is 0. The minimum atomic E-state index is -0.0387. The number of nitrogens with one attached hydrogen (secondary N) is 2. The Hall–Kier alpha value is -0.570. The molecular weight excluding hydrogens is 371 g/mol. The van der Waals surface area contributed by atoms with Gasteiger partial charge in [-0.05, 0) is 18.8 Å². The molecule has 0 bridgehead atoms. The quantitative estimate of drug-likeness (QED) is 0.309. The van der Waals surface area contributed by atoms with Crippen LogP contribution in [-0.2, 0) is 9.53 Å². The van der Waals surface area contributed by atoms with E-state index in [1.807, 2.05) is 0 Å². The zero-order chi connectivity index (χ0) is 14.1. The fourth-order valence-corrected chi connectivity index (χ4v) is 2.23. The standard InChI is InChI=1S/C13H26N4O2.HI/c1-11-5-4-7-17(10-11)13(14-2)16-9-12(18)15-6-8-19-3;/h11H,4-10H2,1-3H3,(H,14,16)(H,15,18);1H. The van der Waals surface area contributed by atoms with Crippen molar-refractivity contribution in [1.29, 1.82) is 0 Å². The summed E-state index contributed by atoms with van der Waals surface area (Å²) in [7, 11) is 3.37. The Kier molecular flexibility index (Phi) is 10.8. The van der Waals surface area contributed by atoms with E-state index < -0.39 is 0 Å². The van der Waals surface area contributed by atoms with Gasteiger partial charge in [0.25, 0.3) is 0 Å². The average Bonchev–Trinajstić information content (AvgIpc) is 2.40. The average molecular weight is 398 g/mol. The third-order valence-electron chi connectivity index (χ3n) is 3.20. The summed E-state index contributed by atoms with van der Waals surface area (Å²) < 4.78 is 4.88. The fraction of sp³-hybridized carbons (Fsp3) is 0.846. The van der Waals surface area contributed by atoms with Crippen LogP contribution in [0.3, 0.4) is 0 Å². The summed E-state index contributed by atoms with van der Waals surface area (Å²) >= 11 is 0. The van der Waals surface area contributed by atoms with Gasteiger partial charge in [-0.2, -0.15) is 0 Å². The van der Waals surface area contributed by atoms with Crippen molar-refractivity contribution in [3.8, 4) is 0 Å². The minimum Gasteiger partial charge on any atom is -0.383 e. The molecule has 0 saturated carbocycles. The van der Waals surface area contributed by atoms with E-state index in [0.717, 1.165) is 19.0 Å². The van der Waals surface area contributed by atoms with E-state index in [-0.39, 0.29) is 36.4 Å². The first-order valence-corrected chi connectivity index (χ1v) is 6.88. The number of ether oxygens (including phenoxy) is 1. The molecule has 1 rings (SSSR count). The van der Waals surface area contributed by atoms with Gasteiger partial charge in [-0.3, -0.25) is 9.79 Å². The first-order chi connectivity index (χ1) is 9.17. The van der Waals surface area contributed by atoms with Gasteiger partial charge in [0, 0.05) is 33.8 Å². The van der Waals surface area contributed by atoms with Gasteiger partial charge in [-0.1, -0.05) is 6.92 Å². The SMILES string of the molecule is CN=C(NCC(=O)NCCOC)N1CCCC(C)C1.I. The molecule has 1 unspecified atom stereocenters. The van der Waals surface area contributed by atoms with E-state index >= 15 is 0 Å². The Balaban J connectivity index is 0.00000361. The minimum absolute atomic E-state index is 0. The Morgan fingerprint density at radius 1 is 1.45 bits per heavy atom. The summed E-state index contributed by atoms with van der Waals surface area (Å²) in [5.41, 5.74) is 0. The maximum atomic E-state index is 11.6. The number of hydrogen-bond donors (Lipinski definition) is 2. The number of hydrogen-bond acceptors (Lipinski definition) is 3. The molecule has 20 heavy (non-hydrogen) atoms. The van der Waals surface area contributed by atoms with Crippen molar-refractivity contribution in [2.75, 3.05) is 46.9 Å². The second-order valence-corrected chi connectivity index (χ2v) is 4.94. The van der Waals surface area contributed by atoms with Crippen molar-refractivity contribution in [1.82, 2.24) is 15.5 Å². The van der Waals surface area contributed by atoms with E-state index in [4.69, 9.17) is 4.74 Å². The van der Waals surface area contributed by atoms with Crippen molar-refractivity contribution in [3.63, 3.8) is 0 Å². The molecule has 0 aromatic heterocycles. The lowest BCUT2D eigenvalue weighted by atomic mass is 10.0. The zero-order valence-electron chi connectivity index (χ0n) is 12.6. The number of amides is 1. The highest BCUT2D eigenvalue weighted by Gasteiger charge is 2.19. The molecular formula is C13H27IN4O2. The lowest BCUT2D eigenvalue weighted by Gasteiger charge is -2.33. The summed E-state index contributed by atoms with van der Waals surface area (Å²) in [6.45, 7) is 5.58. The van der Waals surface area contributed by atoms with Crippen LogP contribution >= 0.6 is 24.0 Å². The highest BCUT2D eigenvalue weighted by Crippen LogP contribution is 2.15. The smallest absolute Gasteiger partial charge is 0.239 e. The molecule has 1 atom stereocenters. The molecule has 0 aromatic rings. The monoisotopic (exact) mass is 398 g/mol. The van der Waals surface area contributed by atoms with Crippen LogP contribution in [0.25, 0.3) is 0 Å². The van der Waals surface area contributed by atoms with Gasteiger partial charge in [0.1, 0.15) is 0 Å². The third-order valence-corrected chi connectivity index (χ3v) is 3.20. The maximum Gasteiger partial charge on any atom is 0.239 e. The van der Waals surface area contributed by atoms with Crippen LogP contribution in [0, 0.1) is 5.92 Å². The maximum absolute atomic E-state index is 11.6. The largest absolute Gasteiger partial charge is 0.383 e. The Morgan fingerprint density at radius 2 is 2.20 bits per heavy atom. The van der Waals surface area contributed by atoms with Crippen molar-refractivity contribution in [3.05, 3.63) is 0 Å². The number of carbonyl (C=O) groups is 1. The normalized spacial score (nSPS) is 19.2. The van der Waals surface area contributed by atoms with Gasteiger partial charge in [0.15, 0.2) is 5.96 Å². The Bertz CT molecular complexity index is 313. The first-order valence-electron chi connectivity index (χ1n) is 6.88. The molecule has 0 spiro atoms. The van der Waals surface area contributed by atoms with Crippen LogP contribution in [-0.4, -0.2) is 63.7 Å². The van der Waals surface area contributed by atoms with Crippen LogP contribution in [0.15, 0.2) is 4.99 Å². The highest BCUT2D eigenvalue weighted by atomic mass is 127. The number of methoxy groups -OCH3 is 1. The second-order valence-electron chi connectivity index (χ2n) is 4.94. The third kappa shape index (κ3) is 7.28. The van der Waals surface area contributed by atoms with E-state index in [9.17, 15) is 4.79 Å². The van der Waals surface area contributed by atoms with Gasteiger partial charge in [0.2, 0.25) is 5.91 Å². The molecule has 6 nitrogen and oxygen atoms in total. The van der Waals surface area contributed by atoms with E-state index in [1.54, 1.807) is 14.2 Å². The molecule has 1 aliphatic rings. The molecule has 1 heterocycles. The van der Waals surface area contributed by atoms with Crippen LogP contribution < -0.4 is 10.6 Å². The van der Waals surface area contributed by atoms with Crippen LogP contribution in [0.2, 0.25) is 0 Å². The van der Waals surface area contributed by atoms with Gasteiger partial charge in [-0.15, -0.1) is 24.0 Å². The van der Waals surface area contributed by atoms with Crippen molar-refractivity contribution in [2.24, 2.45) is 10.9 Å². The predicted octanol–water partition coefficient (Wildman–Crippen LogP) is 0.674. The number of likely N-dealkylation sites (tertiary alicyclic amines) is 1. The van der Waals surface area contributed by atoms with Crippen LogP contribution in [0.4, 0.5) is 0 Å². The molecule has 1 fully saturated rings. The predicted molar refractivity (Wildman–Crippen MR) is 91.6 cm³/mol. The van der Waals surface area contributed by atoms with Crippen molar-refractivity contribution in [2.45, 2.75) is 19.8 Å². The molecule has 1 aliphatic heterocycles. The molecule has 2 N–H and O–H groups in total. The Morgan fingerprint density at radius 3 is 2.80 bits per heavy atom. The molecule has 0 aromatic carbocycles. The van der Waals surface area contributed by atoms with E-state index in [1.165, 1.54) is 12.8 Å². The number of halogens is 1. The number of carbonyl (C=O) groups excluding carboxylic acids is 1. The molecule has 1 saturated heterocycles. The molecule has 7 heteroatoms. The fourth-order valence-electron chi connectivity index (χ4n) is 2.23. The number of piperidine rings is 1. The summed E-state index contributed by atoms with van der Waals surface area (Å²) in [5, 5.41) is 5.88. The van der Waals surface area contributed by atoms with Gasteiger partial charge in [0.05, 0.1) is 13.2 Å². The van der Waals surface area contributed by atoms with E-state index in [2.05, 4.69) is 27.4 Å². The van der Waals surface area contributed by atoms with Crippen LogP contribution in [0.1, 0.15) is 19.8 Å². The summed E-state index contributed by atoms with van der Waals surface area (Å²) in [5.74, 6) is 1.46. The van der Waals surface area contributed by atoms with Gasteiger partial charge >= 0.3 is 0 Å². The second kappa shape index (κ2) is 11.1. The lowest BCUT2D eigenvalue weighted by Crippen LogP contribution is -2.48. The number of nitrogens with zero attached hydrogens (tertiary/aromatic N) is 2. The topological polar surface area (TPSA) is 66.0 Å². The molecule has 1 amide bonds. The Labute approximate surface area is 138 Å². The van der Waals surface area contributed by atoms with Gasteiger partial charge in [-0.25, -0.2) is 0 Å². The van der Waals surface area contributed by atoms with Crippen LogP contribution in [0.5, 0.6) is 0 Å². The lowest BCUT2D eigenvalue weighted by molar-refractivity contribution is -0.120. The summed E-state index contributed by atoms with van der Waals surface area (Å²) in [6.07, 6.45) is 2.45. The van der Waals surface area contributed by atoms with Crippen molar-refractivity contribution < 1.29 is 9.53 Å².